The van der Waals surface area contributed by atoms with Crippen LogP contribution in [0.25, 0.3) is 0 Å². The first-order valence-electron chi connectivity index (χ1n) is 5.56. The van der Waals surface area contributed by atoms with Crippen LogP contribution in [0.2, 0.25) is 0 Å². The zero-order chi connectivity index (χ0) is 12.3. The van der Waals surface area contributed by atoms with Crippen molar-refractivity contribution in [2.75, 3.05) is 26.8 Å². The van der Waals surface area contributed by atoms with E-state index in [1.807, 2.05) is 0 Å². The van der Waals surface area contributed by atoms with Crippen LogP contribution in [0.4, 0.5) is 0 Å². The maximum atomic E-state index is 12.0. The lowest BCUT2D eigenvalue weighted by Gasteiger charge is -2.36. The molecule has 1 fully saturated rings. The van der Waals surface area contributed by atoms with Crippen LogP contribution < -0.4 is 0 Å². The summed E-state index contributed by atoms with van der Waals surface area (Å²) in [6.07, 6.45) is 0.755. The van der Waals surface area contributed by atoms with E-state index in [9.17, 15) is 8.42 Å². The summed E-state index contributed by atoms with van der Waals surface area (Å²) >= 11 is 0. The van der Waals surface area contributed by atoms with Gasteiger partial charge in [0.15, 0.2) is 0 Å². The SMILES string of the molecule is COC1CN(S(=O)(=O)C(C)CO)CCC1C. The predicted molar refractivity (Wildman–Crippen MR) is 61.6 cm³/mol. The molecule has 0 saturated carbocycles. The number of rotatable bonds is 4. The van der Waals surface area contributed by atoms with Crippen molar-refractivity contribution in [1.82, 2.24) is 4.31 Å². The summed E-state index contributed by atoms with van der Waals surface area (Å²) in [6, 6.07) is 0. The molecular formula is C10H21NO4S. The second-order valence-corrected chi connectivity index (χ2v) is 6.79. The normalized spacial score (nSPS) is 30.2. The van der Waals surface area contributed by atoms with E-state index < -0.39 is 15.3 Å². The number of nitrogens with zero attached hydrogens (tertiary/aromatic N) is 1. The van der Waals surface area contributed by atoms with Gasteiger partial charge in [-0.1, -0.05) is 6.92 Å². The summed E-state index contributed by atoms with van der Waals surface area (Å²) in [6.45, 7) is 4.16. The molecule has 0 radical (unpaired) electrons. The van der Waals surface area contributed by atoms with E-state index in [0.29, 0.717) is 19.0 Å². The van der Waals surface area contributed by atoms with E-state index >= 15 is 0 Å². The van der Waals surface area contributed by atoms with Crippen LogP contribution in [0, 0.1) is 5.92 Å². The molecule has 0 aromatic heterocycles. The van der Waals surface area contributed by atoms with Gasteiger partial charge in [-0.2, -0.15) is 4.31 Å². The number of aliphatic hydroxyl groups excluding tert-OH is 1. The van der Waals surface area contributed by atoms with E-state index in [1.165, 1.54) is 11.2 Å². The lowest BCUT2D eigenvalue weighted by Crippen LogP contribution is -2.49. The maximum absolute atomic E-state index is 12.0. The van der Waals surface area contributed by atoms with Gasteiger partial charge in [-0.3, -0.25) is 0 Å². The Morgan fingerprint density at radius 2 is 2.19 bits per heavy atom. The minimum atomic E-state index is -3.38. The molecule has 1 heterocycles. The molecule has 16 heavy (non-hydrogen) atoms. The van der Waals surface area contributed by atoms with E-state index in [1.54, 1.807) is 7.11 Å². The summed E-state index contributed by atoms with van der Waals surface area (Å²) in [7, 11) is -1.77. The number of piperidine rings is 1. The molecule has 0 aromatic carbocycles. The van der Waals surface area contributed by atoms with E-state index in [2.05, 4.69) is 6.92 Å². The number of ether oxygens (including phenoxy) is 1. The van der Waals surface area contributed by atoms with Gasteiger partial charge < -0.3 is 9.84 Å². The predicted octanol–water partition coefficient (Wildman–Crippen LogP) is 0.0538. The van der Waals surface area contributed by atoms with E-state index in [0.717, 1.165) is 6.42 Å². The topological polar surface area (TPSA) is 66.8 Å². The van der Waals surface area contributed by atoms with Crippen LogP contribution in [0.3, 0.4) is 0 Å². The second kappa shape index (κ2) is 5.44. The zero-order valence-corrected chi connectivity index (χ0v) is 10.9. The standard InChI is InChI=1S/C10H21NO4S/c1-8-4-5-11(6-10(8)15-3)16(13,14)9(2)7-12/h8-10,12H,4-7H2,1-3H3. The van der Waals surface area contributed by atoms with Gasteiger partial charge in [0.05, 0.1) is 18.0 Å². The Bertz CT molecular complexity index is 317. The Hall–Kier alpha value is -0.170. The molecule has 1 N–H and O–H groups in total. The van der Waals surface area contributed by atoms with Gasteiger partial charge in [-0.05, 0) is 19.3 Å². The Labute approximate surface area is 97.4 Å². The summed E-state index contributed by atoms with van der Waals surface area (Å²) < 4.78 is 30.7. The third-order valence-corrected chi connectivity index (χ3v) is 5.50. The Balaban J connectivity index is 2.75. The van der Waals surface area contributed by atoms with Crippen molar-refractivity contribution in [2.24, 2.45) is 5.92 Å². The van der Waals surface area contributed by atoms with Gasteiger partial charge in [-0.15, -0.1) is 0 Å². The molecule has 0 bridgehead atoms. The van der Waals surface area contributed by atoms with Gasteiger partial charge in [0.25, 0.3) is 0 Å². The number of methoxy groups -OCH3 is 1. The average Bonchev–Trinajstić information content (AvgIpc) is 2.28. The summed E-state index contributed by atoms with van der Waals surface area (Å²) in [5, 5.41) is 8.20. The Morgan fingerprint density at radius 3 is 2.69 bits per heavy atom. The van der Waals surface area contributed by atoms with Gasteiger partial charge in [0.1, 0.15) is 0 Å². The van der Waals surface area contributed by atoms with Gasteiger partial charge >= 0.3 is 0 Å². The average molecular weight is 251 g/mol. The third-order valence-electron chi connectivity index (χ3n) is 3.28. The molecule has 0 aromatic rings. The fourth-order valence-electron chi connectivity index (χ4n) is 1.89. The highest BCUT2D eigenvalue weighted by molar-refractivity contribution is 7.89. The molecule has 1 rings (SSSR count). The molecule has 0 amide bonds. The molecule has 3 atom stereocenters. The molecule has 3 unspecified atom stereocenters. The molecule has 0 spiro atoms. The smallest absolute Gasteiger partial charge is 0.219 e. The van der Waals surface area contributed by atoms with Crippen molar-refractivity contribution >= 4 is 10.0 Å². The second-order valence-electron chi connectivity index (χ2n) is 4.44. The number of hydrogen-bond acceptors (Lipinski definition) is 4. The highest BCUT2D eigenvalue weighted by Crippen LogP contribution is 2.23. The van der Waals surface area contributed by atoms with Crippen LogP contribution in [0.5, 0.6) is 0 Å². The van der Waals surface area contributed by atoms with Crippen molar-refractivity contribution in [3.63, 3.8) is 0 Å². The van der Waals surface area contributed by atoms with Crippen molar-refractivity contribution in [1.29, 1.82) is 0 Å². The highest BCUT2D eigenvalue weighted by Gasteiger charge is 2.35. The van der Waals surface area contributed by atoms with Crippen LogP contribution in [0.1, 0.15) is 20.3 Å². The Morgan fingerprint density at radius 1 is 1.56 bits per heavy atom. The molecule has 1 saturated heterocycles. The molecule has 0 aliphatic carbocycles. The summed E-state index contributed by atoms with van der Waals surface area (Å²) in [5.74, 6) is 0.376. The molecule has 5 nitrogen and oxygen atoms in total. The number of aliphatic hydroxyl groups is 1. The first kappa shape index (κ1) is 13.9. The monoisotopic (exact) mass is 251 g/mol. The van der Waals surface area contributed by atoms with E-state index in [-0.39, 0.29) is 12.7 Å². The maximum Gasteiger partial charge on any atom is 0.219 e. The highest BCUT2D eigenvalue weighted by atomic mass is 32.2. The zero-order valence-electron chi connectivity index (χ0n) is 10.1. The van der Waals surface area contributed by atoms with Crippen molar-refractivity contribution < 1.29 is 18.3 Å². The van der Waals surface area contributed by atoms with Crippen LogP contribution in [-0.2, 0) is 14.8 Å². The van der Waals surface area contributed by atoms with Crippen LogP contribution in [0.15, 0.2) is 0 Å². The first-order valence-corrected chi connectivity index (χ1v) is 7.06. The fraction of sp³-hybridized carbons (Fsp3) is 1.00. The molecule has 96 valence electrons. The minimum Gasteiger partial charge on any atom is -0.395 e. The van der Waals surface area contributed by atoms with Crippen molar-refractivity contribution in [3.05, 3.63) is 0 Å². The molecular weight excluding hydrogens is 230 g/mol. The third kappa shape index (κ3) is 2.74. The van der Waals surface area contributed by atoms with Crippen LogP contribution in [-0.4, -0.2) is 56.0 Å². The molecule has 1 aliphatic rings. The quantitative estimate of drug-likeness (QED) is 0.767. The summed E-state index contributed by atoms with van der Waals surface area (Å²) in [4.78, 5) is 0. The summed E-state index contributed by atoms with van der Waals surface area (Å²) in [5.41, 5.74) is 0. The first-order chi connectivity index (χ1) is 7.43. The molecule has 1 aliphatic heterocycles. The van der Waals surface area contributed by atoms with Crippen LogP contribution >= 0.6 is 0 Å². The van der Waals surface area contributed by atoms with Crippen molar-refractivity contribution in [2.45, 2.75) is 31.6 Å². The van der Waals surface area contributed by atoms with Gasteiger partial charge in [-0.25, -0.2) is 8.42 Å². The lowest BCUT2D eigenvalue weighted by molar-refractivity contribution is 0.0180. The Kier molecular flexibility index (Phi) is 4.73. The minimum absolute atomic E-state index is 0.0468. The molecule has 6 heteroatoms. The number of sulfonamides is 1. The van der Waals surface area contributed by atoms with Gasteiger partial charge in [0.2, 0.25) is 10.0 Å². The van der Waals surface area contributed by atoms with Gasteiger partial charge in [0, 0.05) is 20.2 Å². The lowest BCUT2D eigenvalue weighted by atomic mass is 9.97. The fourth-order valence-corrected chi connectivity index (χ4v) is 3.30. The van der Waals surface area contributed by atoms with Crippen molar-refractivity contribution in [3.8, 4) is 0 Å². The largest absolute Gasteiger partial charge is 0.395 e. The number of hydrogen-bond donors (Lipinski definition) is 1. The van der Waals surface area contributed by atoms with E-state index in [4.69, 9.17) is 9.84 Å².